The number of carbonyl (C=O) groups is 2. The van der Waals surface area contributed by atoms with Gasteiger partial charge in [0.25, 0.3) is 0 Å². The molecule has 0 aromatic heterocycles. The van der Waals surface area contributed by atoms with Crippen LogP contribution in [0.5, 0.6) is 0 Å². The number of hydrazone groups is 2. The van der Waals surface area contributed by atoms with E-state index in [0.717, 1.165) is 29.0 Å². The highest BCUT2D eigenvalue weighted by molar-refractivity contribution is 9.11. The third-order valence-electron chi connectivity index (χ3n) is 3.38. The lowest BCUT2D eigenvalue weighted by Gasteiger charge is -2.01. The molecule has 0 radical (unpaired) electrons. The summed E-state index contributed by atoms with van der Waals surface area (Å²) in [5.74, 6) is -0.517. The van der Waals surface area contributed by atoms with Gasteiger partial charge < -0.3 is 0 Å². The van der Waals surface area contributed by atoms with Crippen LogP contribution in [0.15, 0.2) is 64.5 Å². The summed E-state index contributed by atoms with van der Waals surface area (Å²) < 4.78 is 3.61. The summed E-state index contributed by atoms with van der Waals surface area (Å²) in [6.07, 6.45) is 3.88. The average Bonchev–Trinajstić information content (AvgIpc) is 2.60. The molecule has 2 rings (SSSR count). The van der Waals surface area contributed by atoms with E-state index in [1.807, 2.05) is 36.4 Å². The van der Waals surface area contributed by atoms with E-state index in [9.17, 15) is 9.59 Å². The molecule has 6 nitrogen and oxygen atoms in total. The molecule has 2 aromatic carbocycles. The lowest BCUT2D eigenvalue weighted by Crippen LogP contribution is -2.20. The van der Waals surface area contributed by atoms with E-state index in [-0.39, 0.29) is 24.7 Å². The summed E-state index contributed by atoms with van der Waals surface area (Å²) in [4.78, 5) is 23.6. The van der Waals surface area contributed by atoms with E-state index in [1.54, 1.807) is 12.4 Å². The fourth-order valence-corrected chi connectivity index (χ4v) is 4.84. The van der Waals surface area contributed by atoms with Crippen LogP contribution in [0.1, 0.15) is 30.4 Å². The fourth-order valence-electron chi connectivity index (χ4n) is 2.18. The van der Waals surface area contributed by atoms with Crippen LogP contribution >= 0.6 is 63.7 Å². The highest BCUT2D eigenvalue weighted by atomic mass is 79.9. The first-order valence-corrected chi connectivity index (χ1v) is 11.5. The van der Waals surface area contributed by atoms with Gasteiger partial charge in [-0.25, -0.2) is 10.9 Å². The smallest absolute Gasteiger partial charge is 0.240 e. The van der Waals surface area contributed by atoms with Gasteiger partial charge >= 0.3 is 0 Å². The molecule has 10 heteroatoms. The maximum absolute atomic E-state index is 11.8. The van der Waals surface area contributed by atoms with E-state index >= 15 is 0 Å². The molecule has 0 bridgehead atoms. The van der Waals surface area contributed by atoms with Crippen molar-refractivity contribution in [3.63, 3.8) is 0 Å². The SMILES string of the molecule is O=C(CCCC(=O)NN=Cc1cc(Br)cc(Br)c1)NN=Cc1cc(Br)cc(Br)c1. The van der Waals surface area contributed by atoms with Crippen LogP contribution in [0.2, 0.25) is 0 Å². The molecule has 0 aliphatic carbocycles. The van der Waals surface area contributed by atoms with Crippen LogP contribution < -0.4 is 10.9 Å². The van der Waals surface area contributed by atoms with Crippen molar-refractivity contribution in [3.05, 3.63) is 65.4 Å². The third-order valence-corrected chi connectivity index (χ3v) is 5.21. The zero-order valence-corrected chi connectivity index (χ0v) is 21.3. The van der Waals surface area contributed by atoms with Gasteiger partial charge in [0, 0.05) is 30.7 Å². The number of nitrogens with zero attached hydrogens (tertiary/aromatic N) is 2. The quantitative estimate of drug-likeness (QED) is 0.292. The van der Waals surface area contributed by atoms with Crippen LogP contribution in [-0.2, 0) is 9.59 Å². The number of carbonyl (C=O) groups excluding carboxylic acids is 2. The molecule has 0 aliphatic heterocycles. The molecule has 2 N–H and O–H groups in total. The van der Waals surface area contributed by atoms with Crippen LogP contribution in [0, 0.1) is 0 Å². The number of amides is 2. The number of halogens is 4. The first kappa shape index (κ1) is 23.9. The Morgan fingerprint density at radius 3 is 1.38 bits per heavy atom. The van der Waals surface area contributed by atoms with Gasteiger partial charge in [-0.1, -0.05) is 63.7 Å². The van der Waals surface area contributed by atoms with Crippen LogP contribution in [0.25, 0.3) is 0 Å². The summed E-state index contributed by atoms with van der Waals surface area (Å²) in [6, 6.07) is 11.3. The van der Waals surface area contributed by atoms with Gasteiger partial charge in [0.1, 0.15) is 0 Å². The van der Waals surface area contributed by atoms with Crippen molar-refractivity contribution in [2.24, 2.45) is 10.2 Å². The highest BCUT2D eigenvalue weighted by Gasteiger charge is 2.04. The molecule has 0 fully saturated rings. The summed E-state index contributed by atoms with van der Waals surface area (Å²) >= 11 is 13.6. The second-order valence-corrected chi connectivity index (χ2v) is 9.51. The lowest BCUT2D eigenvalue weighted by atomic mass is 10.2. The van der Waals surface area contributed by atoms with Crippen LogP contribution in [-0.4, -0.2) is 24.2 Å². The minimum absolute atomic E-state index is 0.190. The van der Waals surface area contributed by atoms with E-state index in [4.69, 9.17) is 0 Å². The Kier molecular flexibility index (Phi) is 10.2. The topological polar surface area (TPSA) is 82.9 Å². The predicted molar refractivity (Wildman–Crippen MR) is 129 cm³/mol. The van der Waals surface area contributed by atoms with E-state index in [0.29, 0.717) is 6.42 Å². The Morgan fingerprint density at radius 1 is 0.690 bits per heavy atom. The molecule has 0 saturated carbocycles. The Hall–Kier alpha value is -1.36. The van der Waals surface area contributed by atoms with Gasteiger partial charge in [0.15, 0.2) is 0 Å². The first-order valence-electron chi connectivity index (χ1n) is 8.38. The minimum Gasteiger partial charge on any atom is -0.273 e. The predicted octanol–water partition coefficient (Wildman–Crippen LogP) is 5.51. The van der Waals surface area contributed by atoms with Crippen molar-refractivity contribution in [2.45, 2.75) is 19.3 Å². The number of hydrogen-bond acceptors (Lipinski definition) is 4. The molecule has 0 atom stereocenters. The Bertz CT molecular complexity index is 832. The van der Waals surface area contributed by atoms with Gasteiger partial charge in [-0.2, -0.15) is 10.2 Å². The summed E-state index contributed by atoms with van der Waals surface area (Å²) in [7, 11) is 0. The Balaban J connectivity index is 1.68. The average molecular weight is 652 g/mol. The van der Waals surface area contributed by atoms with Gasteiger partial charge in [0.2, 0.25) is 11.8 Å². The molecule has 29 heavy (non-hydrogen) atoms. The second-order valence-electron chi connectivity index (χ2n) is 5.85. The monoisotopic (exact) mass is 648 g/mol. The molecule has 0 aliphatic rings. The molecular weight excluding hydrogens is 636 g/mol. The van der Waals surface area contributed by atoms with Crippen molar-refractivity contribution in [2.75, 3.05) is 0 Å². The Morgan fingerprint density at radius 2 is 1.03 bits per heavy atom. The number of benzene rings is 2. The van der Waals surface area contributed by atoms with Crippen LogP contribution in [0.3, 0.4) is 0 Å². The van der Waals surface area contributed by atoms with Crippen molar-refractivity contribution >= 4 is 88.0 Å². The van der Waals surface area contributed by atoms with Crippen molar-refractivity contribution in [1.29, 1.82) is 0 Å². The van der Waals surface area contributed by atoms with E-state index in [1.165, 1.54) is 0 Å². The standard InChI is InChI=1S/C19H16Br4N4O2/c20-14-4-12(5-15(21)8-14)10-24-26-18(28)2-1-3-19(29)27-25-11-13-6-16(22)9-17(23)7-13/h4-11H,1-3H2,(H,26,28)(H,27,29). The molecule has 0 unspecified atom stereocenters. The van der Waals surface area contributed by atoms with Gasteiger partial charge in [-0.3, -0.25) is 9.59 Å². The highest BCUT2D eigenvalue weighted by Crippen LogP contribution is 2.19. The molecule has 0 heterocycles. The number of hydrogen-bond donors (Lipinski definition) is 2. The molecule has 2 aromatic rings. The summed E-state index contributed by atoms with van der Waals surface area (Å²) in [5.41, 5.74) is 6.57. The molecule has 152 valence electrons. The minimum atomic E-state index is -0.259. The van der Waals surface area contributed by atoms with Crippen molar-refractivity contribution < 1.29 is 9.59 Å². The van der Waals surface area contributed by atoms with Crippen molar-refractivity contribution in [1.82, 2.24) is 10.9 Å². The molecule has 0 spiro atoms. The maximum Gasteiger partial charge on any atom is 0.240 e. The second kappa shape index (κ2) is 12.4. The third kappa shape index (κ3) is 9.79. The summed E-state index contributed by atoms with van der Waals surface area (Å²) in [5, 5.41) is 7.84. The van der Waals surface area contributed by atoms with Crippen molar-refractivity contribution in [3.8, 4) is 0 Å². The van der Waals surface area contributed by atoms with Gasteiger partial charge in [-0.05, 0) is 53.9 Å². The fraction of sp³-hybridized carbons (Fsp3) is 0.158. The van der Waals surface area contributed by atoms with Crippen LogP contribution in [0.4, 0.5) is 0 Å². The first-order chi connectivity index (χ1) is 13.8. The maximum atomic E-state index is 11.8. The number of nitrogens with one attached hydrogen (secondary N) is 2. The zero-order chi connectivity index (χ0) is 21.2. The number of rotatable bonds is 8. The largest absolute Gasteiger partial charge is 0.273 e. The molecule has 2 amide bonds. The molecular formula is C19H16Br4N4O2. The zero-order valence-electron chi connectivity index (χ0n) is 15.0. The lowest BCUT2D eigenvalue weighted by molar-refractivity contribution is -0.122. The summed E-state index contributed by atoms with van der Waals surface area (Å²) in [6.45, 7) is 0. The van der Waals surface area contributed by atoms with E-state index in [2.05, 4.69) is 84.8 Å². The Labute approximate surface area is 202 Å². The van der Waals surface area contributed by atoms with Gasteiger partial charge in [-0.15, -0.1) is 0 Å². The van der Waals surface area contributed by atoms with Gasteiger partial charge in [0.05, 0.1) is 12.4 Å². The van der Waals surface area contributed by atoms with E-state index < -0.39 is 0 Å². The molecule has 0 saturated heterocycles. The normalized spacial score (nSPS) is 11.2.